The molecule has 0 radical (unpaired) electrons. The summed E-state index contributed by atoms with van der Waals surface area (Å²) < 4.78 is 4.27. The highest BCUT2D eigenvalue weighted by Gasteiger charge is 2.20. The summed E-state index contributed by atoms with van der Waals surface area (Å²) in [4.78, 5) is 0. The molecule has 0 unspecified atom stereocenters. The third-order valence-corrected chi connectivity index (χ3v) is 3.44. The third kappa shape index (κ3) is 2.64. The Balaban J connectivity index is 1.65. The Labute approximate surface area is 108 Å². The summed E-state index contributed by atoms with van der Waals surface area (Å²) in [5, 5.41) is 7.88. The highest BCUT2D eigenvalue weighted by molar-refractivity contribution is 5.12. The van der Waals surface area contributed by atoms with Gasteiger partial charge in [0, 0.05) is 42.8 Å². The molecule has 1 fully saturated rings. The van der Waals surface area contributed by atoms with Crippen molar-refractivity contribution in [3.63, 3.8) is 0 Å². The molecule has 4 nitrogen and oxygen atoms in total. The maximum absolute atomic E-state index is 4.32. The van der Waals surface area contributed by atoms with Crippen molar-refractivity contribution in [3.05, 3.63) is 42.0 Å². The van der Waals surface area contributed by atoms with Crippen molar-refractivity contribution in [2.75, 3.05) is 0 Å². The zero-order chi connectivity index (χ0) is 12.4. The summed E-state index contributed by atoms with van der Waals surface area (Å²) >= 11 is 0. The Hall–Kier alpha value is -1.55. The Morgan fingerprint density at radius 1 is 1.44 bits per heavy atom. The minimum atomic E-state index is 0.760. The molecule has 18 heavy (non-hydrogen) atoms. The topological polar surface area (TPSA) is 34.8 Å². The quantitative estimate of drug-likeness (QED) is 0.843. The molecule has 0 saturated heterocycles. The summed E-state index contributed by atoms with van der Waals surface area (Å²) in [7, 11) is 0. The first-order valence-corrected chi connectivity index (χ1v) is 6.74. The summed E-state index contributed by atoms with van der Waals surface area (Å²) in [5.74, 6) is 0. The van der Waals surface area contributed by atoms with Crippen molar-refractivity contribution in [2.45, 2.75) is 45.4 Å². The standard InChI is InChI=1S/C14H20N4/c1-2-18-11-12(8-16-18)10-17-7-3-4-14(17)9-15-13-5-6-13/h3-4,7-8,11,13,15H,2,5-6,9-10H2,1H3. The highest BCUT2D eigenvalue weighted by Crippen LogP contribution is 2.19. The highest BCUT2D eigenvalue weighted by atomic mass is 15.3. The molecule has 1 aliphatic carbocycles. The van der Waals surface area contributed by atoms with Crippen LogP contribution in [0.2, 0.25) is 0 Å². The number of nitrogens with zero attached hydrogens (tertiary/aromatic N) is 3. The van der Waals surface area contributed by atoms with Crippen LogP contribution in [0.5, 0.6) is 0 Å². The van der Waals surface area contributed by atoms with Gasteiger partial charge in [-0.1, -0.05) is 0 Å². The van der Waals surface area contributed by atoms with Gasteiger partial charge < -0.3 is 9.88 Å². The number of hydrogen-bond acceptors (Lipinski definition) is 2. The molecule has 1 aliphatic rings. The summed E-state index contributed by atoms with van der Waals surface area (Å²) in [6, 6.07) is 5.07. The number of hydrogen-bond donors (Lipinski definition) is 1. The molecule has 0 aromatic carbocycles. The van der Waals surface area contributed by atoms with Gasteiger partial charge in [0.05, 0.1) is 12.7 Å². The van der Waals surface area contributed by atoms with E-state index < -0.39 is 0 Å². The summed E-state index contributed by atoms with van der Waals surface area (Å²) in [6.45, 7) is 4.92. The van der Waals surface area contributed by atoms with Crippen LogP contribution in [0.3, 0.4) is 0 Å². The lowest BCUT2D eigenvalue weighted by Gasteiger charge is -2.08. The van der Waals surface area contributed by atoms with E-state index in [0.717, 1.165) is 25.7 Å². The number of rotatable bonds is 6. The van der Waals surface area contributed by atoms with Crippen LogP contribution < -0.4 is 5.32 Å². The minimum Gasteiger partial charge on any atom is -0.346 e. The van der Waals surface area contributed by atoms with Gasteiger partial charge in [-0.3, -0.25) is 4.68 Å². The molecule has 3 rings (SSSR count). The molecule has 2 aromatic rings. The van der Waals surface area contributed by atoms with Gasteiger partial charge in [-0.25, -0.2) is 0 Å². The van der Waals surface area contributed by atoms with Crippen molar-refractivity contribution in [1.82, 2.24) is 19.7 Å². The average molecular weight is 244 g/mol. The number of aromatic nitrogens is 3. The first-order valence-electron chi connectivity index (χ1n) is 6.74. The molecule has 0 amide bonds. The number of aryl methyl sites for hydroxylation is 1. The molecule has 0 spiro atoms. The molecule has 2 aromatic heterocycles. The Morgan fingerprint density at radius 3 is 3.06 bits per heavy atom. The molecule has 96 valence electrons. The van der Waals surface area contributed by atoms with Gasteiger partial charge >= 0.3 is 0 Å². The van der Waals surface area contributed by atoms with E-state index in [4.69, 9.17) is 0 Å². The predicted molar refractivity (Wildman–Crippen MR) is 71.3 cm³/mol. The molecule has 1 N–H and O–H groups in total. The van der Waals surface area contributed by atoms with E-state index in [2.05, 4.69) is 46.4 Å². The van der Waals surface area contributed by atoms with Gasteiger partial charge in [0.1, 0.15) is 0 Å². The Kier molecular flexibility index (Phi) is 3.19. The molecule has 4 heteroatoms. The van der Waals surface area contributed by atoms with E-state index in [9.17, 15) is 0 Å². The van der Waals surface area contributed by atoms with E-state index >= 15 is 0 Å². The molecule has 1 saturated carbocycles. The predicted octanol–water partition coefficient (Wildman–Crippen LogP) is 2.00. The van der Waals surface area contributed by atoms with Crippen molar-refractivity contribution < 1.29 is 0 Å². The second-order valence-electron chi connectivity index (χ2n) is 4.99. The summed E-state index contributed by atoms with van der Waals surface area (Å²) in [5.41, 5.74) is 2.62. The van der Waals surface area contributed by atoms with Crippen LogP contribution in [-0.4, -0.2) is 20.4 Å². The van der Waals surface area contributed by atoms with Gasteiger partial charge in [0.25, 0.3) is 0 Å². The van der Waals surface area contributed by atoms with Crippen LogP contribution in [0, 0.1) is 0 Å². The van der Waals surface area contributed by atoms with Crippen LogP contribution in [0.25, 0.3) is 0 Å². The first kappa shape index (κ1) is 11.5. The van der Waals surface area contributed by atoms with E-state index in [0.29, 0.717) is 0 Å². The second kappa shape index (κ2) is 4.98. The Bertz CT molecular complexity index is 507. The van der Waals surface area contributed by atoms with Gasteiger partial charge in [0.2, 0.25) is 0 Å². The third-order valence-electron chi connectivity index (χ3n) is 3.44. The first-order chi connectivity index (χ1) is 8.85. The van der Waals surface area contributed by atoms with Crippen LogP contribution >= 0.6 is 0 Å². The maximum Gasteiger partial charge on any atom is 0.0539 e. The monoisotopic (exact) mass is 244 g/mol. The van der Waals surface area contributed by atoms with Gasteiger partial charge in [-0.15, -0.1) is 0 Å². The van der Waals surface area contributed by atoms with Crippen LogP contribution in [-0.2, 0) is 19.6 Å². The normalized spacial score (nSPS) is 15.2. The molecular formula is C14H20N4. The smallest absolute Gasteiger partial charge is 0.0539 e. The SMILES string of the molecule is CCn1cc(Cn2cccc2CNC2CC2)cn1. The zero-order valence-electron chi connectivity index (χ0n) is 10.8. The average Bonchev–Trinajstić information content (AvgIpc) is 2.93. The maximum atomic E-state index is 4.32. The van der Waals surface area contributed by atoms with Crippen LogP contribution in [0.4, 0.5) is 0 Å². The van der Waals surface area contributed by atoms with Gasteiger partial charge in [-0.05, 0) is 31.9 Å². The van der Waals surface area contributed by atoms with Crippen LogP contribution in [0.15, 0.2) is 30.7 Å². The minimum absolute atomic E-state index is 0.760. The zero-order valence-corrected chi connectivity index (χ0v) is 10.8. The van der Waals surface area contributed by atoms with Gasteiger partial charge in [0.15, 0.2) is 0 Å². The van der Waals surface area contributed by atoms with Gasteiger partial charge in [-0.2, -0.15) is 5.10 Å². The lowest BCUT2D eigenvalue weighted by Crippen LogP contribution is -2.18. The van der Waals surface area contributed by atoms with E-state index in [1.165, 1.54) is 24.1 Å². The lowest BCUT2D eigenvalue weighted by atomic mass is 10.3. The number of nitrogens with one attached hydrogen (secondary N) is 1. The fourth-order valence-electron chi connectivity index (χ4n) is 2.16. The fourth-order valence-corrected chi connectivity index (χ4v) is 2.16. The second-order valence-corrected chi connectivity index (χ2v) is 4.99. The van der Waals surface area contributed by atoms with E-state index in [1.54, 1.807) is 0 Å². The Morgan fingerprint density at radius 2 is 2.33 bits per heavy atom. The lowest BCUT2D eigenvalue weighted by molar-refractivity contribution is 0.633. The molecule has 2 heterocycles. The van der Waals surface area contributed by atoms with E-state index in [-0.39, 0.29) is 0 Å². The van der Waals surface area contributed by atoms with Crippen molar-refractivity contribution in [2.24, 2.45) is 0 Å². The molecular weight excluding hydrogens is 224 g/mol. The molecule has 0 bridgehead atoms. The van der Waals surface area contributed by atoms with Crippen molar-refractivity contribution in [3.8, 4) is 0 Å². The van der Waals surface area contributed by atoms with Crippen molar-refractivity contribution >= 4 is 0 Å². The van der Waals surface area contributed by atoms with Crippen molar-refractivity contribution in [1.29, 1.82) is 0 Å². The largest absolute Gasteiger partial charge is 0.346 e. The van der Waals surface area contributed by atoms with Crippen LogP contribution in [0.1, 0.15) is 31.0 Å². The van der Waals surface area contributed by atoms with E-state index in [1.807, 2.05) is 10.9 Å². The molecule has 0 atom stereocenters. The fraction of sp³-hybridized carbons (Fsp3) is 0.500. The molecule has 0 aliphatic heterocycles. The summed E-state index contributed by atoms with van der Waals surface area (Å²) in [6.07, 6.45) is 8.90.